The summed E-state index contributed by atoms with van der Waals surface area (Å²) in [6, 6.07) is 22.2. The molecule has 1 aromatic heterocycles. The minimum Gasteiger partial charge on any atom is -0.466 e. The quantitative estimate of drug-likeness (QED) is 0.541. The maximum atomic E-state index is 11.2. The number of aromatic nitrogens is 1. The predicted molar refractivity (Wildman–Crippen MR) is 106 cm³/mol. The smallest absolute Gasteiger partial charge is 0.330 e. The van der Waals surface area contributed by atoms with Crippen LogP contribution in [0.15, 0.2) is 72.8 Å². The third kappa shape index (κ3) is 4.16. The fourth-order valence-electron chi connectivity index (χ4n) is 2.60. The molecule has 0 spiro atoms. The summed E-state index contributed by atoms with van der Waals surface area (Å²) in [6.07, 6.45) is 3.14. The number of anilines is 1. The Hall–Kier alpha value is -3.40. The van der Waals surface area contributed by atoms with E-state index in [0.717, 1.165) is 33.8 Å². The normalized spacial score (nSPS) is 10.7. The van der Waals surface area contributed by atoms with E-state index in [2.05, 4.69) is 21.1 Å². The highest BCUT2D eigenvalue weighted by Crippen LogP contribution is 2.28. The van der Waals surface area contributed by atoms with Crippen molar-refractivity contribution < 1.29 is 9.53 Å². The van der Waals surface area contributed by atoms with Crippen molar-refractivity contribution >= 4 is 17.9 Å². The molecule has 0 radical (unpaired) electrons. The van der Waals surface area contributed by atoms with Crippen LogP contribution in [0.4, 0.5) is 5.82 Å². The van der Waals surface area contributed by atoms with Crippen LogP contribution >= 0.6 is 0 Å². The molecule has 0 aliphatic heterocycles. The van der Waals surface area contributed by atoms with Crippen molar-refractivity contribution in [3.63, 3.8) is 0 Å². The standard InChI is InChI=1S/C22H20N2O2/c1-23-21-15-19(14-20(24-21)18-6-4-3-5-7-18)17-11-8-16(9-12-17)10-13-22(25)26-2/h3-15H,1-2H3,(H,23,24)/b13-10+. The van der Waals surface area contributed by atoms with Gasteiger partial charge in [0.2, 0.25) is 0 Å². The third-order valence-corrected chi connectivity index (χ3v) is 4.01. The molecule has 0 amide bonds. The van der Waals surface area contributed by atoms with Crippen LogP contribution in [0.3, 0.4) is 0 Å². The van der Waals surface area contributed by atoms with E-state index < -0.39 is 0 Å². The van der Waals surface area contributed by atoms with Gasteiger partial charge in [0.15, 0.2) is 0 Å². The lowest BCUT2D eigenvalue weighted by Crippen LogP contribution is -1.95. The number of esters is 1. The average Bonchev–Trinajstić information content (AvgIpc) is 2.72. The van der Waals surface area contributed by atoms with Gasteiger partial charge in [0.1, 0.15) is 5.82 Å². The van der Waals surface area contributed by atoms with Gasteiger partial charge in [0.05, 0.1) is 12.8 Å². The molecule has 0 bridgehead atoms. The van der Waals surface area contributed by atoms with Gasteiger partial charge in [-0.2, -0.15) is 0 Å². The molecule has 0 saturated heterocycles. The Balaban J connectivity index is 1.93. The molecule has 4 nitrogen and oxygen atoms in total. The van der Waals surface area contributed by atoms with Crippen molar-refractivity contribution in [2.24, 2.45) is 0 Å². The van der Waals surface area contributed by atoms with Gasteiger partial charge in [0, 0.05) is 18.7 Å². The Morgan fingerprint density at radius 1 is 0.962 bits per heavy atom. The lowest BCUT2D eigenvalue weighted by Gasteiger charge is -2.09. The van der Waals surface area contributed by atoms with Crippen molar-refractivity contribution in [1.82, 2.24) is 4.98 Å². The lowest BCUT2D eigenvalue weighted by molar-refractivity contribution is -0.134. The van der Waals surface area contributed by atoms with E-state index >= 15 is 0 Å². The Labute approximate surface area is 153 Å². The summed E-state index contributed by atoms with van der Waals surface area (Å²) in [5.74, 6) is 0.449. The number of hydrogen-bond acceptors (Lipinski definition) is 4. The molecule has 0 saturated carbocycles. The van der Waals surface area contributed by atoms with Gasteiger partial charge in [-0.3, -0.25) is 0 Å². The third-order valence-electron chi connectivity index (χ3n) is 4.01. The second-order valence-electron chi connectivity index (χ2n) is 5.72. The Bertz CT molecular complexity index is 917. The number of rotatable bonds is 5. The summed E-state index contributed by atoms with van der Waals surface area (Å²) >= 11 is 0. The first-order valence-corrected chi connectivity index (χ1v) is 8.31. The molecule has 0 unspecified atom stereocenters. The zero-order chi connectivity index (χ0) is 18.4. The first kappa shape index (κ1) is 17.4. The van der Waals surface area contributed by atoms with Crippen LogP contribution in [0.25, 0.3) is 28.5 Å². The van der Waals surface area contributed by atoms with Crippen LogP contribution in [0, 0.1) is 0 Å². The molecule has 1 N–H and O–H groups in total. The summed E-state index contributed by atoms with van der Waals surface area (Å²) in [5, 5.41) is 3.12. The van der Waals surface area contributed by atoms with E-state index in [0.29, 0.717) is 0 Å². The van der Waals surface area contributed by atoms with Crippen LogP contribution in [0.2, 0.25) is 0 Å². The Morgan fingerprint density at radius 2 is 1.69 bits per heavy atom. The molecular formula is C22H20N2O2. The number of carbonyl (C=O) groups is 1. The van der Waals surface area contributed by atoms with Gasteiger partial charge < -0.3 is 10.1 Å². The minimum absolute atomic E-state index is 0.366. The second-order valence-corrected chi connectivity index (χ2v) is 5.72. The number of hydrogen-bond donors (Lipinski definition) is 1. The van der Waals surface area contributed by atoms with Crippen LogP contribution < -0.4 is 5.32 Å². The highest BCUT2D eigenvalue weighted by molar-refractivity contribution is 5.87. The van der Waals surface area contributed by atoms with Gasteiger partial charge in [0.25, 0.3) is 0 Å². The first-order valence-electron chi connectivity index (χ1n) is 8.31. The molecule has 130 valence electrons. The number of methoxy groups -OCH3 is 1. The van der Waals surface area contributed by atoms with Gasteiger partial charge in [-0.1, -0.05) is 54.6 Å². The summed E-state index contributed by atoms with van der Waals surface area (Å²) in [7, 11) is 3.23. The van der Waals surface area contributed by atoms with Crippen LogP contribution in [-0.2, 0) is 9.53 Å². The van der Waals surface area contributed by atoms with Gasteiger partial charge in [-0.25, -0.2) is 9.78 Å². The summed E-state index contributed by atoms with van der Waals surface area (Å²) in [6.45, 7) is 0. The highest BCUT2D eigenvalue weighted by Gasteiger charge is 2.06. The molecule has 4 heteroatoms. The molecule has 1 heterocycles. The maximum Gasteiger partial charge on any atom is 0.330 e. The van der Waals surface area contributed by atoms with Gasteiger partial charge in [-0.15, -0.1) is 0 Å². The molecular weight excluding hydrogens is 324 g/mol. The summed E-state index contributed by atoms with van der Waals surface area (Å²) in [5.41, 5.74) is 5.08. The van der Waals surface area contributed by atoms with Crippen LogP contribution in [0.1, 0.15) is 5.56 Å². The number of nitrogens with one attached hydrogen (secondary N) is 1. The zero-order valence-electron chi connectivity index (χ0n) is 14.8. The van der Waals surface area contributed by atoms with Crippen molar-refractivity contribution in [2.75, 3.05) is 19.5 Å². The molecule has 2 aromatic carbocycles. The molecule has 3 rings (SSSR count). The maximum absolute atomic E-state index is 11.2. The molecule has 3 aromatic rings. The van der Waals surface area contributed by atoms with Crippen molar-refractivity contribution in [2.45, 2.75) is 0 Å². The van der Waals surface area contributed by atoms with E-state index in [1.165, 1.54) is 13.2 Å². The van der Waals surface area contributed by atoms with E-state index in [-0.39, 0.29) is 5.97 Å². The van der Waals surface area contributed by atoms with Crippen molar-refractivity contribution in [3.05, 3.63) is 78.4 Å². The number of benzene rings is 2. The zero-order valence-corrected chi connectivity index (χ0v) is 14.8. The topological polar surface area (TPSA) is 51.2 Å². The highest BCUT2D eigenvalue weighted by atomic mass is 16.5. The number of nitrogens with zero attached hydrogens (tertiary/aromatic N) is 1. The van der Waals surface area contributed by atoms with E-state index in [9.17, 15) is 4.79 Å². The molecule has 0 fully saturated rings. The average molecular weight is 344 g/mol. The largest absolute Gasteiger partial charge is 0.466 e. The Kier molecular flexibility index (Phi) is 5.44. The predicted octanol–water partition coefficient (Wildman–Crippen LogP) is 4.64. The molecule has 0 aliphatic rings. The Morgan fingerprint density at radius 3 is 2.35 bits per heavy atom. The van der Waals surface area contributed by atoms with Crippen molar-refractivity contribution in [3.8, 4) is 22.4 Å². The van der Waals surface area contributed by atoms with E-state index in [4.69, 9.17) is 0 Å². The first-order chi connectivity index (χ1) is 12.7. The fourth-order valence-corrected chi connectivity index (χ4v) is 2.60. The number of carbonyl (C=O) groups excluding carboxylic acids is 1. The minimum atomic E-state index is -0.366. The SMILES string of the molecule is CNc1cc(-c2ccc(/C=C/C(=O)OC)cc2)cc(-c2ccccc2)n1. The van der Waals surface area contributed by atoms with E-state index in [1.54, 1.807) is 6.08 Å². The lowest BCUT2D eigenvalue weighted by atomic mass is 10.0. The fraction of sp³-hybridized carbons (Fsp3) is 0.0909. The second kappa shape index (κ2) is 8.12. The van der Waals surface area contributed by atoms with E-state index in [1.807, 2.05) is 67.7 Å². The molecule has 26 heavy (non-hydrogen) atoms. The number of pyridine rings is 1. The van der Waals surface area contributed by atoms with Crippen molar-refractivity contribution in [1.29, 1.82) is 0 Å². The van der Waals surface area contributed by atoms with Crippen LogP contribution in [0.5, 0.6) is 0 Å². The molecule has 0 aliphatic carbocycles. The molecule has 0 atom stereocenters. The summed E-state index contributed by atoms with van der Waals surface area (Å²) < 4.78 is 4.61. The van der Waals surface area contributed by atoms with Gasteiger partial charge >= 0.3 is 5.97 Å². The monoisotopic (exact) mass is 344 g/mol. The van der Waals surface area contributed by atoms with Gasteiger partial charge in [-0.05, 0) is 34.9 Å². The summed E-state index contributed by atoms with van der Waals surface area (Å²) in [4.78, 5) is 15.8. The van der Waals surface area contributed by atoms with Crippen LogP contribution in [-0.4, -0.2) is 25.1 Å². The number of ether oxygens (including phenoxy) is 1.